The quantitative estimate of drug-likeness (QED) is 0.812. The summed E-state index contributed by atoms with van der Waals surface area (Å²) in [6.07, 6.45) is 0.830. The predicted molar refractivity (Wildman–Crippen MR) is 65.6 cm³/mol. The topological polar surface area (TPSA) is 46.5 Å². The van der Waals surface area contributed by atoms with Crippen LogP contribution in [0.5, 0.6) is 5.75 Å². The highest BCUT2D eigenvalue weighted by molar-refractivity contribution is 5.91. The van der Waals surface area contributed by atoms with Gasteiger partial charge >= 0.3 is 5.97 Å². The van der Waals surface area contributed by atoms with Crippen LogP contribution in [0, 0.1) is 5.41 Å². The zero-order chi connectivity index (χ0) is 12.8. The molecule has 1 aromatic rings. The van der Waals surface area contributed by atoms with Gasteiger partial charge in [-0.25, -0.2) is 4.79 Å². The Bertz CT molecular complexity index is 472. The van der Waals surface area contributed by atoms with Crippen LogP contribution in [-0.4, -0.2) is 16.7 Å². The third-order valence-corrected chi connectivity index (χ3v) is 3.95. The van der Waals surface area contributed by atoms with Crippen molar-refractivity contribution in [3.63, 3.8) is 0 Å². The molecule has 0 aliphatic carbocycles. The summed E-state index contributed by atoms with van der Waals surface area (Å²) in [4.78, 5) is 11.2. The van der Waals surface area contributed by atoms with Gasteiger partial charge in [-0.15, -0.1) is 0 Å². The number of carboxylic acid groups (broad SMARTS) is 1. The first kappa shape index (κ1) is 12.0. The van der Waals surface area contributed by atoms with Gasteiger partial charge in [0.25, 0.3) is 0 Å². The van der Waals surface area contributed by atoms with Gasteiger partial charge in [0.15, 0.2) is 0 Å². The minimum absolute atomic E-state index is 0.0167. The van der Waals surface area contributed by atoms with E-state index in [-0.39, 0.29) is 16.6 Å². The van der Waals surface area contributed by atoms with Crippen molar-refractivity contribution in [2.45, 2.75) is 39.7 Å². The maximum absolute atomic E-state index is 11.2. The molecule has 1 aliphatic rings. The Labute approximate surface area is 101 Å². The Morgan fingerprint density at radius 3 is 2.53 bits per heavy atom. The van der Waals surface area contributed by atoms with Crippen LogP contribution in [0.4, 0.5) is 0 Å². The van der Waals surface area contributed by atoms with E-state index in [0.29, 0.717) is 5.75 Å². The van der Waals surface area contributed by atoms with Crippen molar-refractivity contribution in [3.05, 3.63) is 29.3 Å². The van der Waals surface area contributed by atoms with E-state index in [1.165, 1.54) is 0 Å². The molecule has 0 amide bonds. The van der Waals surface area contributed by atoms with Crippen LogP contribution >= 0.6 is 0 Å². The van der Waals surface area contributed by atoms with E-state index >= 15 is 0 Å². The molecule has 3 nitrogen and oxygen atoms in total. The molecule has 92 valence electrons. The fourth-order valence-electron chi connectivity index (χ4n) is 2.10. The van der Waals surface area contributed by atoms with Crippen LogP contribution in [0.1, 0.15) is 43.6 Å². The third kappa shape index (κ3) is 1.79. The number of para-hydroxylation sites is 1. The number of fused-ring (bicyclic) bond motifs is 1. The molecule has 0 spiro atoms. The highest BCUT2D eigenvalue weighted by Gasteiger charge is 2.44. The van der Waals surface area contributed by atoms with Crippen LogP contribution in [0.2, 0.25) is 0 Å². The number of benzene rings is 1. The number of ether oxygens (including phenoxy) is 1. The molecule has 0 bridgehead atoms. The maximum Gasteiger partial charge on any atom is 0.339 e. The van der Waals surface area contributed by atoms with Gasteiger partial charge in [-0.2, -0.15) is 0 Å². The third-order valence-electron chi connectivity index (χ3n) is 3.95. The Balaban J connectivity index is 2.57. The van der Waals surface area contributed by atoms with E-state index in [9.17, 15) is 4.79 Å². The van der Waals surface area contributed by atoms with E-state index < -0.39 is 5.97 Å². The second kappa shape index (κ2) is 3.49. The van der Waals surface area contributed by atoms with Gasteiger partial charge in [0.05, 0.1) is 0 Å². The average molecular weight is 234 g/mol. The lowest BCUT2D eigenvalue weighted by Gasteiger charge is -2.46. The van der Waals surface area contributed by atoms with E-state index in [0.717, 1.165) is 12.0 Å². The minimum atomic E-state index is -0.933. The highest BCUT2D eigenvalue weighted by Crippen LogP contribution is 2.45. The van der Waals surface area contributed by atoms with Crippen LogP contribution in [-0.2, 0) is 6.42 Å². The summed E-state index contributed by atoms with van der Waals surface area (Å²) in [6.45, 7) is 8.30. The van der Waals surface area contributed by atoms with Crippen molar-refractivity contribution >= 4 is 5.97 Å². The predicted octanol–water partition coefficient (Wildman–Crippen LogP) is 3.12. The van der Waals surface area contributed by atoms with Crippen molar-refractivity contribution < 1.29 is 14.6 Å². The molecule has 0 aromatic heterocycles. The summed E-state index contributed by atoms with van der Waals surface area (Å²) >= 11 is 0. The molecule has 2 rings (SSSR count). The fraction of sp³-hybridized carbons (Fsp3) is 0.500. The second-order valence-corrected chi connectivity index (χ2v) is 5.77. The van der Waals surface area contributed by atoms with Crippen molar-refractivity contribution in [1.29, 1.82) is 0 Å². The molecule has 0 fully saturated rings. The molecule has 0 unspecified atom stereocenters. The smallest absolute Gasteiger partial charge is 0.339 e. The molecule has 1 heterocycles. The van der Waals surface area contributed by atoms with Crippen LogP contribution in [0.3, 0.4) is 0 Å². The van der Waals surface area contributed by atoms with Gasteiger partial charge in [0.2, 0.25) is 0 Å². The minimum Gasteiger partial charge on any atom is -0.486 e. The number of hydrogen-bond donors (Lipinski definition) is 1. The number of hydrogen-bond acceptors (Lipinski definition) is 2. The molecule has 17 heavy (non-hydrogen) atoms. The number of rotatable bonds is 1. The summed E-state index contributed by atoms with van der Waals surface area (Å²) < 4.78 is 5.95. The SMILES string of the molecule is CC1(C)Cc2cccc(C(=O)O)c2OC1(C)C. The molecule has 1 N–H and O–H groups in total. The number of carboxylic acids is 1. The largest absolute Gasteiger partial charge is 0.486 e. The van der Waals surface area contributed by atoms with Gasteiger partial charge in [-0.1, -0.05) is 26.0 Å². The Morgan fingerprint density at radius 1 is 1.29 bits per heavy atom. The van der Waals surface area contributed by atoms with E-state index in [1.807, 2.05) is 19.9 Å². The van der Waals surface area contributed by atoms with Crippen molar-refractivity contribution in [3.8, 4) is 5.75 Å². The Morgan fingerprint density at radius 2 is 1.94 bits per heavy atom. The Hall–Kier alpha value is -1.51. The first-order valence-electron chi connectivity index (χ1n) is 5.79. The summed E-state index contributed by atoms with van der Waals surface area (Å²) in [7, 11) is 0. The van der Waals surface area contributed by atoms with Gasteiger partial charge in [0.1, 0.15) is 16.9 Å². The first-order chi connectivity index (χ1) is 7.74. The average Bonchev–Trinajstić information content (AvgIpc) is 2.17. The lowest BCUT2D eigenvalue weighted by atomic mass is 9.70. The molecule has 0 atom stereocenters. The summed E-state index contributed by atoms with van der Waals surface area (Å²) in [6, 6.07) is 5.31. The summed E-state index contributed by atoms with van der Waals surface area (Å²) in [5.74, 6) is -0.401. The zero-order valence-electron chi connectivity index (χ0n) is 10.7. The van der Waals surface area contributed by atoms with E-state index in [1.54, 1.807) is 12.1 Å². The monoisotopic (exact) mass is 234 g/mol. The molecular formula is C14H18O3. The molecule has 0 saturated heterocycles. The standard InChI is InChI=1S/C14H18O3/c1-13(2)8-9-6-5-7-10(12(15)16)11(9)17-14(13,3)4/h5-7H,8H2,1-4H3,(H,15,16). The molecule has 1 aromatic carbocycles. The lowest BCUT2D eigenvalue weighted by Crippen LogP contribution is -2.48. The van der Waals surface area contributed by atoms with Crippen molar-refractivity contribution in [2.24, 2.45) is 5.41 Å². The summed E-state index contributed by atoms with van der Waals surface area (Å²) in [5.41, 5.74) is 0.850. The Kier molecular flexibility index (Phi) is 2.45. The highest BCUT2D eigenvalue weighted by atomic mass is 16.5. The molecule has 3 heteroatoms. The van der Waals surface area contributed by atoms with Crippen LogP contribution in [0.25, 0.3) is 0 Å². The normalized spacial score (nSPS) is 20.2. The number of aromatic carboxylic acids is 1. The van der Waals surface area contributed by atoms with Crippen molar-refractivity contribution in [1.82, 2.24) is 0 Å². The molecular weight excluding hydrogens is 216 g/mol. The molecule has 0 radical (unpaired) electrons. The second-order valence-electron chi connectivity index (χ2n) is 5.77. The maximum atomic E-state index is 11.2. The van der Waals surface area contributed by atoms with Crippen LogP contribution < -0.4 is 4.74 Å². The van der Waals surface area contributed by atoms with Crippen molar-refractivity contribution in [2.75, 3.05) is 0 Å². The van der Waals surface area contributed by atoms with Crippen LogP contribution in [0.15, 0.2) is 18.2 Å². The molecule has 1 aliphatic heterocycles. The number of carbonyl (C=O) groups is 1. The van der Waals surface area contributed by atoms with Gasteiger partial charge in [-0.05, 0) is 31.9 Å². The zero-order valence-corrected chi connectivity index (χ0v) is 10.7. The van der Waals surface area contributed by atoms with Gasteiger partial charge in [0, 0.05) is 5.41 Å². The van der Waals surface area contributed by atoms with E-state index in [4.69, 9.17) is 9.84 Å². The van der Waals surface area contributed by atoms with Gasteiger partial charge in [-0.3, -0.25) is 0 Å². The van der Waals surface area contributed by atoms with E-state index in [2.05, 4.69) is 13.8 Å². The summed E-state index contributed by atoms with van der Waals surface area (Å²) in [5, 5.41) is 9.16. The lowest BCUT2D eigenvalue weighted by molar-refractivity contribution is -0.0279. The van der Waals surface area contributed by atoms with Gasteiger partial charge < -0.3 is 9.84 Å². The fourth-order valence-corrected chi connectivity index (χ4v) is 2.10. The molecule has 0 saturated carbocycles. The first-order valence-corrected chi connectivity index (χ1v) is 5.79.